The van der Waals surface area contributed by atoms with E-state index in [2.05, 4.69) is 5.32 Å². The van der Waals surface area contributed by atoms with Gasteiger partial charge in [0.15, 0.2) is 6.61 Å². The molecule has 6 nitrogen and oxygen atoms in total. The minimum Gasteiger partial charge on any atom is -0.462 e. The summed E-state index contributed by atoms with van der Waals surface area (Å²) < 4.78 is 10.0. The summed E-state index contributed by atoms with van der Waals surface area (Å²) >= 11 is 1.35. The Balaban J connectivity index is 1.87. The van der Waals surface area contributed by atoms with Crippen LogP contribution in [0.2, 0.25) is 0 Å². The topological polar surface area (TPSA) is 81.7 Å². The molecular weight excluding hydrogens is 366 g/mol. The Kier molecular flexibility index (Phi) is 7.88. The summed E-state index contributed by atoms with van der Waals surface area (Å²) in [5, 5.41) is 2.12. The molecule has 0 aliphatic rings. The lowest BCUT2D eigenvalue weighted by molar-refractivity contribution is -0.146. The first-order valence-electron chi connectivity index (χ1n) is 8.45. The van der Waals surface area contributed by atoms with Gasteiger partial charge in [-0.3, -0.25) is 9.59 Å². The van der Waals surface area contributed by atoms with E-state index >= 15 is 0 Å². The van der Waals surface area contributed by atoms with Crippen molar-refractivity contribution in [3.8, 4) is 0 Å². The lowest BCUT2D eigenvalue weighted by Crippen LogP contribution is -2.25. The minimum absolute atomic E-state index is 0.232. The molecule has 0 aliphatic heterocycles. The number of carbonyl (C=O) groups is 3. The third-order valence-electron chi connectivity index (χ3n) is 3.43. The van der Waals surface area contributed by atoms with Gasteiger partial charge in [0.2, 0.25) is 0 Å². The fourth-order valence-corrected chi connectivity index (χ4v) is 3.06. The molecule has 0 unspecified atom stereocenters. The van der Waals surface area contributed by atoms with E-state index in [1.807, 2.05) is 30.3 Å². The van der Waals surface area contributed by atoms with E-state index in [-0.39, 0.29) is 12.2 Å². The molecule has 0 bridgehead atoms. The SMILES string of the molecule is CCOC(=O)c1ccccc1NC(=O)COC(=O)[C@H](C)Sc1ccccc1. The number of nitrogens with one attached hydrogen (secondary N) is 1. The second-order valence-electron chi connectivity index (χ2n) is 5.50. The zero-order chi connectivity index (χ0) is 19.6. The quantitative estimate of drug-likeness (QED) is 0.551. The highest BCUT2D eigenvalue weighted by Crippen LogP contribution is 2.23. The Bertz CT molecular complexity index is 794. The molecule has 0 aromatic heterocycles. The molecule has 27 heavy (non-hydrogen) atoms. The number of para-hydroxylation sites is 1. The molecule has 142 valence electrons. The molecule has 0 radical (unpaired) electrons. The number of hydrogen-bond donors (Lipinski definition) is 1. The Labute approximate surface area is 162 Å². The van der Waals surface area contributed by atoms with E-state index < -0.39 is 29.7 Å². The number of ether oxygens (including phenoxy) is 2. The second-order valence-corrected chi connectivity index (χ2v) is 6.91. The third kappa shape index (κ3) is 6.45. The minimum atomic E-state index is -0.531. The molecular formula is C20H21NO5S. The first-order chi connectivity index (χ1) is 13.0. The largest absolute Gasteiger partial charge is 0.462 e. The normalized spacial score (nSPS) is 11.3. The van der Waals surface area contributed by atoms with Crippen LogP contribution in [0.15, 0.2) is 59.5 Å². The monoisotopic (exact) mass is 387 g/mol. The fraction of sp³-hybridized carbons (Fsp3) is 0.250. The Morgan fingerprint density at radius 1 is 1.00 bits per heavy atom. The fourth-order valence-electron chi connectivity index (χ4n) is 2.17. The summed E-state index contributed by atoms with van der Waals surface area (Å²) in [5.41, 5.74) is 0.552. The van der Waals surface area contributed by atoms with Crippen molar-refractivity contribution in [2.24, 2.45) is 0 Å². The lowest BCUT2D eigenvalue weighted by atomic mass is 10.2. The molecule has 0 spiro atoms. The highest BCUT2D eigenvalue weighted by Gasteiger charge is 2.18. The van der Waals surface area contributed by atoms with E-state index in [9.17, 15) is 14.4 Å². The van der Waals surface area contributed by atoms with Crippen LogP contribution in [0, 0.1) is 0 Å². The third-order valence-corrected chi connectivity index (χ3v) is 4.52. The number of anilines is 1. The lowest BCUT2D eigenvalue weighted by Gasteiger charge is -2.12. The Morgan fingerprint density at radius 2 is 1.67 bits per heavy atom. The van der Waals surface area contributed by atoms with Gasteiger partial charge in [-0.15, -0.1) is 11.8 Å². The van der Waals surface area contributed by atoms with E-state index in [0.717, 1.165) is 4.90 Å². The van der Waals surface area contributed by atoms with Gasteiger partial charge in [-0.2, -0.15) is 0 Å². The number of amides is 1. The smallest absolute Gasteiger partial charge is 0.340 e. The van der Waals surface area contributed by atoms with Crippen LogP contribution in [-0.4, -0.2) is 36.3 Å². The maximum Gasteiger partial charge on any atom is 0.340 e. The zero-order valence-corrected chi connectivity index (χ0v) is 16.0. The standard InChI is InChI=1S/C20H21NO5S/c1-3-25-20(24)16-11-7-8-12-17(16)21-18(22)13-26-19(23)14(2)27-15-9-5-4-6-10-15/h4-12,14H,3,13H2,1-2H3,(H,21,22)/t14-/m0/s1. The van der Waals surface area contributed by atoms with Crippen LogP contribution in [0.5, 0.6) is 0 Å². The molecule has 2 aromatic rings. The Morgan fingerprint density at radius 3 is 2.37 bits per heavy atom. The summed E-state index contributed by atoms with van der Waals surface area (Å²) in [7, 11) is 0. The van der Waals surface area contributed by atoms with Crippen molar-refractivity contribution in [2.75, 3.05) is 18.5 Å². The van der Waals surface area contributed by atoms with Crippen molar-refractivity contribution in [1.29, 1.82) is 0 Å². The molecule has 2 aromatic carbocycles. The van der Waals surface area contributed by atoms with E-state index in [4.69, 9.17) is 9.47 Å². The van der Waals surface area contributed by atoms with Crippen LogP contribution in [0.4, 0.5) is 5.69 Å². The second kappa shape index (κ2) is 10.4. The number of rotatable bonds is 8. The van der Waals surface area contributed by atoms with Gasteiger partial charge in [-0.1, -0.05) is 30.3 Å². The van der Waals surface area contributed by atoms with Crippen LogP contribution in [0.3, 0.4) is 0 Å². The molecule has 1 atom stereocenters. The van der Waals surface area contributed by atoms with E-state index in [1.165, 1.54) is 11.8 Å². The van der Waals surface area contributed by atoms with E-state index in [1.54, 1.807) is 38.1 Å². The van der Waals surface area contributed by atoms with Gasteiger partial charge in [0.1, 0.15) is 5.25 Å². The molecule has 0 fully saturated rings. The molecule has 7 heteroatoms. The number of thioether (sulfide) groups is 1. The van der Waals surface area contributed by atoms with Gasteiger partial charge >= 0.3 is 11.9 Å². The predicted molar refractivity (Wildman–Crippen MR) is 104 cm³/mol. The summed E-state index contributed by atoms with van der Waals surface area (Å²) in [6.07, 6.45) is 0. The van der Waals surface area contributed by atoms with Gasteiger partial charge in [0.25, 0.3) is 5.91 Å². The number of carbonyl (C=O) groups excluding carboxylic acids is 3. The van der Waals surface area contributed by atoms with Crippen molar-refractivity contribution < 1.29 is 23.9 Å². The van der Waals surface area contributed by atoms with Crippen LogP contribution in [0.1, 0.15) is 24.2 Å². The van der Waals surface area contributed by atoms with Gasteiger partial charge in [-0.05, 0) is 38.1 Å². The number of esters is 2. The van der Waals surface area contributed by atoms with Crippen LogP contribution < -0.4 is 5.32 Å². The molecule has 1 N–H and O–H groups in total. The summed E-state index contributed by atoms with van der Waals surface area (Å²) in [6.45, 7) is 3.21. The molecule has 0 saturated carbocycles. The van der Waals surface area contributed by atoms with Gasteiger partial charge in [0.05, 0.1) is 17.9 Å². The highest BCUT2D eigenvalue weighted by molar-refractivity contribution is 8.00. The highest BCUT2D eigenvalue weighted by atomic mass is 32.2. The maximum atomic E-state index is 12.1. The first kappa shape index (κ1) is 20.5. The summed E-state index contributed by atoms with van der Waals surface area (Å²) in [4.78, 5) is 37.0. The molecule has 1 amide bonds. The van der Waals surface area contributed by atoms with Crippen molar-refractivity contribution in [3.05, 3.63) is 60.2 Å². The van der Waals surface area contributed by atoms with Gasteiger partial charge < -0.3 is 14.8 Å². The van der Waals surface area contributed by atoms with E-state index in [0.29, 0.717) is 5.69 Å². The van der Waals surface area contributed by atoms with Crippen molar-refractivity contribution in [3.63, 3.8) is 0 Å². The van der Waals surface area contributed by atoms with Gasteiger partial charge in [0, 0.05) is 4.90 Å². The molecule has 2 rings (SSSR count). The maximum absolute atomic E-state index is 12.1. The summed E-state index contributed by atoms with van der Waals surface area (Å²) in [6, 6.07) is 15.9. The Hall–Kier alpha value is -2.80. The average molecular weight is 387 g/mol. The molecule has 0 aliphatic carbocycles. The predicted octanol–water partition coefficient (Wildman–Crippen LogP) is 3.53. The number of hydrogen-bond acceptors (Lipinski definition) is 6. The number of benzene rings is 2. The van der Waals surface area contributed by atoms with Crippen LogP contribution in [-0.2, 0) is 19.1 Å². The zero-order valence-electron chi connectivity index (χ0n) is 15.1. The van der Waals surface area contributed by atoms with Crippen LogP contribution in [0.25, 0.3) is 0 Å². The molecule has 0 saturated heterocycles. The molecule has 0 heterocycles. The first-order valence-corrected chi connectivity index (χ1v) is 9.33. The summed E-state index contributed by atoms with van der Waals surface area (Å²) in [5.74, 6) is -1.55. The average Bonchev–Trinajstić information content (AvgIpc) is 2.67. The van der Waals surface area contributed by atoms with Crippen LogP contribution >= 0.6 is 11.8 Å². The van der Waals surface area contributed by atoms with Crippen molar-refractivity contribution in [1.82, 2.24) is 0 Å². The van der Waals surface area contributed by atoms with Gasteiger partial charge in [-0.25, -0.2) is 4.79 Å². The van der Waals surface area contributed by atoms with Crippen molar-refractivity contribution in [2.45, 2.75) is 24.0 Å². The van der Waals surface area contributed by atoms with Crippen molar-refractivity contribution >= 4 is 35.3 Å².